The van der Waals surface area contributed by atoms with Gasteiger partial charge in [-0.1, -0.05) is 0 Å². The molecule has 2 unspecified atom stereocenters. The summed E-state index contributed by atoms with van der Waals surface area (Å²) in [4.78, 5) is 0. The van der Waals surface area contributed by atoms with Crippen molar-refractivity contribution in [1.29, 1.82) is 0 Å². The highest BCUT2D eigenvalue weighted by Crippen LogP contribution is 2.78. The van der Waals surface area contributed by atoms with Crippen LogP contribution in [-0.2, 0) is 14.2 Å². The lowest BCUT2D eigenvalue weighted by molar-refractivity contribution is -0.105. The highest BCUT2D eigenvalue weighted by molar-refractivity contribution is 5.30. The van der Waals surface area contributed by atoms with Crippen LogP contribution in [0.4, 0.5) is 0 Å². The molecule has 3 heterocycles. The summed E-state index contributed by atoms with van der Waals surface area (Å²) in [6, 6.07) is 0. The van der Waals surface area contributed by atoms with Gasteiger partial charge in [0.15, 0.2) is 0 Å². The molecule has 0 aromatic rings. The van der Waals surface area contributed by atoms with Crippen LogP contribution in [0.2, 0.25) is 0 Å². The Morgan fingerprint density at radius 2 is 2.22 bits per heavy atom. The third-order valence-corrected chi connectivity index (χ3v) is 2.80. The molecule has 0 aromatic heterocycles. The first-order valence-corrected chi connectivity index (χ1v) is 3.42. The average molecular weight is 126 g/mol. The number of hydrogen-bond donors (Lipinski definition) is 0. The fourth-order valence-electron chi connectivity index (χ4n) is 2.08. The van der Waals surface area contributed by atoms with Crippen LogP contribution < -0.4 is 0 Å². The van der Waals surface area contributed by atoms with Gasteiger partial charge in [0.05, 0.1) is 6.10 Å². The largest absolute Gasteiger partial charge is 0.363 e. The summed E-state index contributed by atoms with van der Waals surface area (Å²) in [5.41, 5.74) is 0. The zero-order valence-electron chi connectivity index (χ0n) is 4.79. The predicted octanol–water partition coefficient (Wildman–Crippen LogP) is 0.000600. The van der Waals surface area contributed by atoms with E-state index in [1.165, 1.54) is 0 Å². The molecule has 4 fully saturated rings. The first-order chi connectivity index (χ1) is 4.36. The minimum absolute atomic E-state index is 0.120. The minimum atomic E-state index is -0.198. The van der Waals surface area contributed by atoms with Crippen LogP contribution in [0.25, 0.3) is 0 Å². The van der Waals surface area contributed by atoms with E-state index in [2.05, 4.69) is 0 Å². The second-order valence-corrected chi connectivity index (χ2v) is 3.26. The molecular formula is C6H6O3. The standard InChI is InChI=1S/C6H6O3/c1-2-5-6(8-5,9-5)4-3(1)7-4/h3-4H,1-2H2. The van der Waals surface area contributed by atoms with Crippen molar-refractivity contribution >= 4 is 0 Å². The Kier molecular flexibility index (Phi) is 0.309. The molecule has 3 nitrogen and oxygen atoms in total. The Hall–Kier alpha value is -0.120. The van der Waals surface area contributed by atoms with Crippen LogP contribution in [0.3, 0.4) is 0 Å². The molecule has 1 saturated carbocycles. The van der Waals surface area contributed by atoms with Crippen molar-refractivity contribution < 1.29 is 14.2 Å². The van der Waals surface area contributed by atoms with Crippen LogP contribution in [0, 0.1) is 0 Å². The molecule has 0 N–H and O–H groups in total. The van der Waals surface area contributed by atoms with E-state index >= 15 is 0 Å². The number of hydrogen-bond acceptors (Lipinski definition) is 3. The maximum absolute atomic E-state index is 5.35. The lowest BCUT2D eigenvalue weighted by Gasteiger charge is -1.94. The van der Waals surface area contributed by atoms with E-state index in [-0.39, 0.29) is 11.6 Å². The van der Waals surface area contributed by atoms with Gasteiger partial charge in [0.25, 0.3) is 5.79 Å². The van der Waals surface area contributed by atoms with Gasteiger partial charge in [-0.05, 0) is 6.42 Å². The van der Waals surface area contributed by atoms with Crippen molar-refractivity contribution in [3.05, 3.63) is 0 Å². The molecule has 0 amide bonds. The maximum Gasteiger partial charge on any atom is 0.258 e. The van der Waals surface area contributed by atoms with Crippen molar-refractivity contribution in [2.75, 3.05) is 0 Å². The predicted molar refractivity (Wildman–Crippen MR) is 25.5 cm³/mol. The number of rotatable bonds is 0. The van der Waals surface area contributed by atoms with Crippen molar-refractivity contribution in [3.63, 3.8) is 0 Å². The van der Waals surface area contributed by atoms with Gasteiger partial charge in [0.2, 0.25) is 5.79 Å². The first kappa shape index (κ1) is 3.91. The van der Waals surface area contributed by atoms with E-state index in [0.29, 0.717) is 12.2 Å². The molecule has 48 valence electrons. The first-order valence-electron chi connectivity index (χ1n) is 3.42. The van der Waals surface area contributed by atoms with E-state index in [1.54, 1.807) is 0 Å². The Morgan fingerprint density at radius 3 is 3.00 bits per heavy atom. The lowest BCUT2D eigenvalue weighted by Crippen LogP contribution is -2.13. The van der Waals surface area contributed by atoms with Crippen molar-refractivity contribution in [3.8, 4) is 0 Å². The molecule has 2 atom stereocenters. The van der Waals surface area contributed by atoms with Crippen LogP contribution in [0.15, 0.2) is 0 Å². The van der Waals surface area contributed by atoms with Crippen molar-refractivity contribution in [1.82, 2.24) is 0 Å². The molecule has 0 spiro atoms. The van der Waals surface area contributed by atoms with Crippen LogP contribution in [0.1, 0.15) is 12.8 Å². The summed E-state index contributed by atoms with van der Waals surface area (Å²) in [6.45, 7) is 0. The Balaban J connectivity index is 1.89. The quantitative estimate of drug-likeness (QED) is 0.429. The Morgan fingerprint density at radius 1 is 1.33 bits per heavy atom. The molecule has 0 aromatic carbocycles. The zero-order chi connectivity index (χ0) is 5.69. The second kappa shape index (κ2) is 0.713. The number of epoxide rings is 3. The van der Waals surface area contributed by atoms with E-state index < -0.39 is 0 Å². The smallest absolute Gasteiger partial charge is 0.258 e. The van der Waals surface area contributed by atoms with Gasteiger partial charge in [-0.15, -0.1) is 0 Å². The third kappa shape index (κ3) is 0.224. The molecule has 4 aliphatic rings. The molecule has 9 heavy (non-hydrogen) atoms. The summed E-state index contributed by atoms with van der Waals surface area (Å²) in [5, 5.41) is 0. The topological polar surface area (TPSA) is 37.6 Å². The fourth-order valence-corrected chi connectivity index (χ4v) is 2.08. The van der Waals surface area contributed by atoms with E-state index in [9.17, 15) is 0 Å². The summed E-state index contributed by atoms with van der Waals surface area (Å²) in [5.74, 6) is -0.319. The lowest BCUT2D eigenvalue weighted by atomic mass is 10.0. The van der Waals surface area contributed by atoms with Gasteiger partial charge in [-0.25, -0.2) is 0 Å². The molecule has 0 bridgehead atoms. The monoisotopic (exact) mass is 126 g/mol. The highest BCUT2D eigenvalue weighted by Gasteiger charge is 2.99. The van der Waals surface area contributed by atoms with Gasteiger partial charge in [-0.3, -0.25) is 0 Å². The molecule has 1 aliphatic carbocycles. The molecule has 3 heteroatoms. The summed E-state index contributed by atoms with van der Waals surface area (Å²) < 4.78 is 16.0. The van der Waals surface area contributed by atoms with Crippen LogP contribution >= 0.6 is 0 Å². The van der Waals surface area contributed by atoms with Crippen molar-refractivity contribution in [2.24, 2.45) is 0 Å². The van der Waals surface area contributed by atoms with E-state index in [1.807, 2.05) is 0 Å². The Bertz CT molecular complexity index is 206. The summed E-state index contributed by atoms with van der Waals surface area (Å²) >= 11 is 0. The van der Waals surface area contributed by atoms with Crippen molar-refractivity contribution in [2.45, 2.75) is 36.6 Å². The fraction of sp³-hybridized carbons (Fsp3) is 1.00. The number of ether oxygens (including phenoxy) is 3. The van der Waals surface area contributed by atoms with Crippen LogP contribution in [0.5, 0.6) is 0 Å². The van der Waals surface area contributed by atoms with E-state index in [0.717, 1.165) is 12.8 Å². The van der Waals surface area contributed by atoms with Gasteiger partial charge < -0.3 is 14.2 Å². The normalized spacial score (nSPS) is 80.0. The second-order valence-electron chi connectivity index (χ2n) is 3.26. The SMILES string of the molecule is C1CC23OC2(O3)C2OC12. The summed E-state index contributed by atoms with van der Waals surface area (Å²) in [7, 11) is 0. The molecular weight excluding hydrogens is 120 g/mol. The highest BCUT2D eigenvalue weighted by atomic mass is 17.1. The third-order valence-electron chi connectivity index (χ3n) is 2.80. The summed E-state index contributed by atoms with van der Waals surface area (Å²) in [6.07, 6.45) is 2.97. The van der Waals surface area contributed by atoms with Crippen LogP contribution in [-0.4, -0.2) is 23.8 Å². The molecule has 3 aliphatic heterocycles. The van der Waals surface area contributed by atoms with E-state index in [4.69, 9.17) is 14.2 Å². The Labute approximate surface area is 51.9 Å². The molecule has 4 rings (SSSR count). The van der Waals surface area contributed by atoms with Gasteiger partial charge in [0.1, 0.15) is 6.10 Å². The molecule has 0 radical (unpaired) electrons. The molecule has 3 saturated heterocycles. The average Bonchev–Trinajstić information content (AvgIpc) is 2.58. The van der Waals surface area contributed by atoms with Gasteiger partial charge in [-0.2, -0.15) is 0 Å². The zero-order valence-corrected chi connectivity index (χ0v) is 4.79. The minimum Gasteiger partial charge on any atom is -0.363 e. The maximum atomic E-state index is 5.35. The van der Waals surface area contributed by atoms with Gasteiger partial charge in [0, 0.05) is 6.42 Å². The number of fused-ring (bicyclic) bond motifs is 1. The van der Waals surface area contributed by atoms with Gasteiger partial charge >= 0.3 is 0 Å².